The Morgan fingerprint density at radius 1 is 0.783 bits per heavy atom. The van der Waals surface area contributed by atoms with Crippen molar-refractivity contribution < 1.29 is 13.0 Å². The second kappa shape index (κ2) is 5.31. The molecule has 0 aromatic heterocycles. The van der Waals surface area contributed by atoms with E-state index in [-0.39, 0.29) is 11.1 Å². The second-order valence-corrected chi connectivity index (χ2v) is 5.83. The van der Waals surface area contributed by atoms with Crippen molar-refractivity contribution in [1.29, 1.82) is 0 Å². The Bertz CT molecular complexity index is 1060. The van der Waals surface area contributed by atoms with Crippen LogP contribution in [0.2, 0.25) is 0 Å². The maximum Gasteiger partial charge on any atom is 0.251 e. The number of rotatable bonds is 1. The fourth-order valence-corrected chi connectivity index (χ4v) is 3.32. The van der Waals surface area contributed by atoms with Gasteiger partial charge in [-0.2, -0.15) is 0 Å². The normalized spacial score (nSPS) is 17.3. The lowest BCUT2D eigenvalue weighted by atomic mass is 9.34. The minimum atomic E-state index is -2.45. The number of fused-ring (bicyclic) bond motifs is 2. The van der Waals surface area contributed by atoms with E-state index in [1.165, 1.54) is 18.2 Å². The molecule has 0 aliphatic carbocycles. The van der Waals surface area contributed by atoms with Gasteiger partial charge in [-0.05, 0) is 43.2 Å². The first kappa shape index (κ1) is 8.98. The topological polar surface area (TPSA) is 9.23 Å². The highest BCUT2D eigenvalue weighted by atomic mass is 16.5. The molecule has 0 unspecified atom stereocenters. The van der Waals surface area contributed by atoms with Crippen molar-refractivity contribution >= 4 is 23.1 Å². The van der Waals surface area contributed by atoms with E-state index in [0.717, 1.165) is 16.5 Å². The highest BCUT2D eigenvalue weighted by molar-refractivity contribution is 6.97. The van der Waals surface area contributed by atoms with Gasteiger partial charge in [-0.25, -0.2) is 0 Å². The smallest absolute Gasteiger partial charge is 0.251 e. The van der Waals surface area contributed by atoms with E-state index in [1.807, 2.05) is 49.4 Å². The molecule has 0 saturated heterocycles. The first-order valence-electron chi connectivity index (χ1n) is 10.6. The first-order valence-corrected chi connectivity index (χ1v) is 7.59. The lowest BCUT2D eigenvalue weighted by molar-refractivity contribution is 0.483. The van der Waals surface area contributed by atoms with Crippen LogP contribution in [0, 0.1) is 20.6 Å². The van der Waals surface area contributed by atoms with E-state index in [4.69, 9.17) is 13.0 Å². The number of benzene rings is 3. The van der Waals surface area contributed by atoms with Crippen molar-refractivity contribution in [3.05, 3.63) is 77.4 Å². The van der Waals surface area contributed by atoms with Crippen LogP contribution in [-0.4, -0.2) is 6.71 Å². The van der Waals surface area contributed by atoms with Gasteiger partial charge in [0, 0.05) is 8.22 Å². The van der Waals surface area contributed by atoms with Gasteiger partial charge in [0.25, 0.3) is 6.71 Å². The molecular weight excluding hydrogens is 279 g/mol. The molecule has 1 nitrogen and oxygen atoms in total. The van der Waals surface area contributed by atoms with Crippen LogP contribution in [0.5, 0.6) is 11.5 Å². The summed E-state index contributed by atoms with van der Waals surface area (Å²) in [6.07, 6.45) is 0. The van der Waals surface area contributed by atoms with E-state index in [9.17, 15) is 0 Å². The van der Waals surface area contributed by atoms with E-state index in [1.54, 1.807) is 0 Å². The molecule has 112 valence electrons. The summed E-state index contributed by atoms with van der Waals surface area (Å²) in [4.78, 5) is 0. The van der Waals surface area contributed by atoms with Gasteiger partial charge in [-0.3, -0.25) is 0 Å². The molecule has 1 heterocycles. The maximum atomic E-state index is 8.06. The van der Waals surface area contributed by atoms with Gasteiger partial charge in [-0.1, -0.05) is 71.2 Å². The van der Waals surface area contributed by atoms with Gasteiger partial charge in [-0.15, -0.1) is 0 Å². The zero-order chi connectivity index (χ0) is 21.0. The van der Waals surface area contributed by atoms with Crippen LogP contribution >= 0.6 is 0 Å². The zero-order valence-electron chi connectivity index (χ0n) is 18.8. The highest BCUT2D eigenvalue weighted by Gasteiger charge is 2.34. The molecule has 1 aliphatic heterocycles. The van der Waals surface area contributed by atoms with E-state index < -0.39 is 20.4 Å². The molecule has 1 aliphatic rings. The number of para-hydroxylation sites is 2. The number of aryl methyl sites for hydroxylation is 3. The van der Waals surface area contributed by atoms with Gasteiger partial charge in [0.05, 0.1) is 0 Å². The Balaban J connectivity index is 2.13. The summed E-state index contributed by atoms with van der Waals surface area (Å²) in [7, 11) is 0. The summed E-state index contributed by atoms with van der Waals surface area (Å²) in [6.45, 7) is -3.53. The first-order chi connectivity index (χ1) is 13.6. The molecule has 23 heavy (non-hydrogen) atoms. The van der Waals surface area contributed by atoms with Gasteiger partial charge in [0.15, 0.2) is 0 Å². The Morgan fingerprint density at radius 3 is 2.22 bits per heavy atom. The van der Waals surface area contributed by atoms with Crippen LogP contribution in [0.15, 0.2) is 60.7 Å². The van der Waals surface area contributed by atoms with Crippen LogP contribution in [-0.2, 0) is 0 Å². The number of hydrogen-bond donors (Lipinski definition) is 0. The van der Waals surface area contributed by atoms with Crippen LogP contribution in [0.4, 0.5) is 0 Å². The summed E-state index contributed by atoms with van der Waals surface area (Å²) in [5.41, 5.74) is 2.86. The molecule has 0 saturated carbocycles. The third-order valence-corrected chi connectivity index (χ3v) is 4.39. The van der Waals surface area contributed by atoms with Crippen molar-refractivity contribution in [2.24, 2.45) is 0 Å². The Labute approximate surface area is 146 Å². The van der Waals surface area contributed by atoms with Crippen LogP contribution in [0.25, 0.3) is 0 Å². The average Bonchev–Trinajstić information content (AvgIpc) is 2.65. The van der Waals surface area contributed by atoms with Crippen molar-refractivity contribution in [2.75, 3.05) is 0 Å². The minimum absolute atomic E-state index is 0.0558. The summed E-state index contributed by atoms with van der Waals surface area (Å²) in [5, 5.41) is 0. The van der Waals surface area contributed by atoms with Crippen LogP contribution in [0.1, 0.15) is 24.9 Å². The van der Waals surface area contributed by atoms with Gasteiger partial charge in [0.2, 0.25) is 0 Å². The number of ether oxygens (including phenoxy) is 1. The van der Waals surface area contributed by atoms with E-state index >= 15 is 0 Å². The summed E-state index contributed by atoms with van der Waals surface area (Å²) in [6, 6.07) is 17.6. The predicted molar refractivity (Wildman–Crippen MR) is 98.3 cm³/mol. The van der Waals surface area contributed by atoms with Crippen LogP contribution in [0.3, 0.4) is 0 Å². The Morgan fingerprint density at radius 2 is 1.43 bits per heavy atom. The lowest BCUT2D eigenvalue weighted by Crippen LogP contribution is -2.56. The highest BCUT2D eigenvalue weighted by Crippen LogP contribution is 2.27. The predicted octanol–water partition coefficient (Wildman–Crippen LogP) is 3.23. The molecule has 4 rings (SSSR count). The molecule has 3 aromatic carbocycles. The van der Waals surface area contributed by atoms with Gasteiger partial charge < -0.3 is 4.74 Å². The standard InChI is InChI=1S/C21H19BO/c1-14-8-6-9-15(2)20(14)22-17-11-4-5-13-19(17)23-21-16(3)10-7-12-18(21)22/h4-13H,1-3H3/i1D3,2D3. The molecule has 0 amide bonds. The van der Waals surface area contributed by atoms with Crippen molar-refractivity contribution in [1.82, 2.24) is 0 Å². The van der Waals surface area contributed by atoms with E-state index in [0.29, 0.717) is 17.0 Å². The van der Waals surface area contributed by atoms with Crippen molar-refractivity contribution in [3.8, 4) is 11.5 Å². The van der Waals surface area contributed by atoms with Gasteiger partial charge in [0.1, 0.15) is 11.5 Å². The Kier molecular flexibility index (Phi) is 2.07. The number of hydrogen-bond acceptors (Lipinski definition) is 1. The summed E-state index contributed by atoms with van der Waals surface area (Å²) >= 11 is 0. The fraction of sp³-hybridized carbons (Fsp3) is 0.143. The monoisotopic (exact) mass is 304 g/mol. The second-order valence-electron chi connectivity index (χ2n) is 5.83. The zero-order valence-corrected chi connectivity index (χ0v) is 12.8. The molecule has 0 bridgehead atoms. The molecule has 0 fully saturated rings. The molecular formula is C21H19BO. The minimum Gasteiger partial charge on any atom is -0.458 e. The molecule has 2 heteroatoms. The van der Waals surface area contributed by atoms with Crippen LogP contribution < -0.4 is 21.1 Å². The fourth-order valence-electron chi connectivity index (χ4n) is 3.32. The lowest BCUT2D eigenvalue weighted by Gasteiger charge is -2.29. The summed E-state index contributed by atoms with van der Waals surface area (Å²) in [5.74, 6) is 1.25. The molecule has 0 atom stereocenters. The van der Waals surface area contributed by atoms with Gasteiger partial charge >= 0.3 is 0 Å². The van der Waals surface area contributed by atoms with Crippen molar-refractivity contribution in [3.63, 3.8) is 0 Å². The quantitative estimate of drug-likeness (QED) is 0.491. The third-order valence-electron chi connectivity index (χ3n) is 4.39. The molecule has 3 aromatic rings. The van der Waals surface area contributed by atoms with E-state index in [2.05, 4.69) is 0 Å². The maximum absolute atomic E-state index is 8.06. The largest absolute Gasteiger partial charge is 0.458 e. The third kappa shape index (κ3) is 2.17. The SMILES string of the molecule is [2H]C([2H])([2H])c1cccc(C([2H])([2H])[2H])c1B1c2ccccc2Oc2c(C)cccc21. The van der Waals surface area contributed by atoms with Crippen molar-refractivity contribution in [2.45, 2.75) is 20.6 Å². The molecule has 0 spiro atoms. The molecule has 0 radical (unpaired) electrons. The Hall–Kier alpha value is -2.48. The summed E-state index contributed by atoms with van der Waals surface area (Å²) < 4.78 is 54.5. The average molecular weight is 304 g/mol. The molecule has 0 N–H and O–H groups in total.